The molecular formula is C50H87NO10P+. The molecule has 0 aliphatic rings. The minimum absolute atomic E-state index is 0.0112. The number of quaternary nitrogens is 1. The highest BCUT2D eigenvalue weighted by Gasteiger charge is 2.27. The molecule has 12 heteroatoms. The fourth-order valence-corrected chi connectivity index (χ4v) is 6.61. The molecule has 0 aliphatic carbocycles. The van der Waals surface area contributed by atoms with Gasteiger partial charge in [-0.25, -0.2) is 4.57 Å². The number of allylic oxidation sites excluding steroid dienone is 10. The lowest BCUT2D eigenvalue weighted by molar-refractivity contribution is -0.870. The van der Waals surface area contributed by atoms with Crippen LogP contribution in [0.4, 0.5) is 0 Å². The summed E-state index contributed by atoms with van der Waals surface area (Å²) in [6, 6.07) is 0. The van der Waals surface area contributed by atoms with Crippen molar-refractivity contribution in [1.29, 1.82) is 0 Å². The van der Waals surface area contributed by atoms with Gasteiger partial charge in [-0.05, 0) is 64.2 Å². The van der Waals surface area contributed by atoms with Gasteiger partial charge in [0.15, 0.2) is 6.10 Å². The molecule has 0 radical (unpaired) electrons. The Balaban J connectivity index is 4.59. The van der Waals surface area contributed by atoms with Crippen molar-refractivity contribution in [1.82, 2.24) is 0 Å². The van der Waals surface area contributed by atoms with Gasteiger partial charge in [0.2, 0.25) is 0 Å². The Hall–Kier alpha value is -2.89. The van der Waals surface area contributed by atoms with Crippen LogP contribution in [0.15, 0.2) is 85.1 Å². The number of rotatable bonds is 41. The molecule has 1 unspecified atom stereocenters. The molecular weight excluding hydrogens is 806 g/mol. The summed E-state index contributed by atoms with van der Waals surface area (Å²) in [5.41, 5.74) is 0. The van der Waals surface area contributed by atoms with Gasteiger partial charge in [0.25, 0.3) is 0 Å². The predicted octanol–water partition coefficient (Wildman–Crippen LogP) is 11.5. The van der Waals surface area contributed by atoms with Crippen molar-refractivity contribution in [2.45, 2.75) is 173 Å². The van der Waals surface area contributed by atoms with Gasteiger partial charge in [-0.2, -0.15) is 0 Å². The van der Waals surface area contributed by atoms with E-state index in [4.69, 9.17) is 18.5 Å². The molecule has 0 fully saturated rings. The average Bonchev–Trinajstić information content (AvgIpc) is 3.21. The molecule has 0 heterocycles. The molecule has 0 amide bonds. The lowest BCUT2D eigenvalue weighted by Crippen LogP contribution is -2.37. The monoisotopic (exact) mass is 893 g/mol. The van der Waals surface area contributed by atoms with Crippen LogP contribution in [-0.4, -0.2) is 97.3 Å². The van der Waals surface area contributed by atoms with Crippen molar-refractivity contribution in [3.05, 3.63) is 85.1 Å². The highest BCUT2D eigenvalue weighted by atomic mass is 31.2. The number of esters is 2. The Morgan fingerprint density at radius 3 is 1.82 bits per heavy atom. The van der Waals surface area contributed by atoms with E-state index in [-0.39, 0.29) is 26.1 Å². The molecule has 3 N–H and O–H groups in total. The summed E-state index contributed by atoms with van der Waals surface area (Å²) in [6.07, 6.45) is 45.6. The number of ether oxygens (including phenoxy) is 2. The number of aliphatic hydroxyl groups excluding tert-OH is 2. The lowest BCUT2D eigenvalue weighted by Gasteiger charge is -2.24. The van der Waals surface area contributed by atoms with Gasteiger partial charge in [-0.3, -0.25) is 18.6 Å². The molecule has 0 rings (SSSR count). The van der Waals surface area contributed by atoms with Gasteiger partial charge in [-0.1, -0.05) is 163 Å². The number of unbranched alkanes of at least 4 members (excludes halogenated alkanes) is 14. The summed E-state index contributed by atoms with van der Waals surface area (Å²) in [5, 5.41) is 20.1. The topological polar surface area (TPSA) is 149 Å². The second-order valence-electron chi connectivity index (χ2n) is 16.8. The highest BCUT2D eigenvalue weighted by molar-refractivity contribution is 7.47. The smallest absolute Gasteiger partial charge is 0.462 e. The van der Waals surface area contributed by atoms with Crippen LogP contribution in [0.2, 0.25) is 0 Å². The second kappa shape index (κ2) is 40.9. The normalized spacial score (nSPS) is 15.3. The first kappa shape index (κ1) is 59.1. The van der Waals surface area contributed by atoms with Crippen LogP contribution in [0.3, 0.4) is 0 Å². The maximum atomic E-state index is 12.7. The van der Waals surface area contributed by atoms with Crippen LogP contribution < -0.4 is 0 Å². The summed E-state index contributed by atoms with van der Waals surface area (Å²) in [4.78, 5) is 35.4. The van der Waals surface area contributed by atoms with Crippen LogP contribution in [0.1, 0.15) is 155 Å². The molecule has 11 nitrogen and oxygen atoms in total. The van der Waals surface area contributed by atoms with Crippen molar-refractivity contribution in [2.24, 2.45) is 0 Å². The first-order chi connectivity index (χ1) is 29.8. The maximum Gasteiger partial charge on any atom is 0.472 e. The van der Waals surface area contributed by atoms with E-state index in [1.165, 1.54) is 64.2 Å². The fraction of sp³-hybridized carbons (Fsp3) is 0.680. The highest BCUT2D eigenvalue weighted by Crippen LogP contribution is 2.43. The van der Waals surface area contributed by atoms with Gasteiger partial charge in [0.05, 0.1) is 40.0 Å². The summed E-state index contributed by atoms with van der Waals surface area (Å²) >= 11 is 0. The van der Waals surface area contributed by atoms with E-state index in [0.29, 0.717) is 43.1 Å². The number of likely N-dealkylation sites (N-methyl/N-ethyl adjacent to an activating group) is 1. The van der Waals surface area contributed by atoms with Crippen LogP contribution in [0.5, 0.6) is 0 Å². The van der Waals surface area contributed by atoms with Crippen molar-refractivity contribution in [3.8, 4) is 0 Å². The van der Waals surface area contributed by atoms with Crippen molar-refractivity contribution in [3.63, 3.8) is 0 Å². The average molecular weight is 893 g/mol. The summed E-state index contributed by atoms with van der Waals surface area (Å²) in [7, 11) is 1.33. The van der Waals surface area contributed by atoms with Crippen LogP contribution in [0.25, 0.3) is 0 Å². The lowest BCUT2D eigenvalue weighted by atomic mass is 10.1. The molecule has 0 aromatic rings. The van der Waals surface area contributed by atoms with E-state index < -0.39 is 44.7 Å². The molecule has 62 heavy (non-hydrogen) atoms. The van der Waals surface area contributed by atoms with Crippen molar-refractivity contribution >= 4 is 19.8 Å². The Morgan fingerprint density at radius 1 is 0.613 bits per heavy atom. The van der Waals surface area contributed by atoms with Crippen LogP contribution >= 0.6 is 7.82 Å². The summed E-state index contributed by atoms with van der Waals surface area (Å²) in [6.45, 7) is 3.98. The van der Waals surface area contributed by atoms with Crippen LogP contribution in [0, 0.1) is 0 Å². The predicted molar refractivity (Wildman–Crippen MR) is 254 cm³/mol. The van der Waals surface area contributed by atoms with E-state index in [2.05, 4.69) is 26.0 Å². The summed E-state index contributed by atoms with van der Waals surface area (Å²) < 4.78 is 34.2. The minimum atomic E-state index is -4.44. The zero-order chi connectivity index (χ0) is 46.0. The zero-order valence-electron chi connectivity index (χ0n) is 39.3. The van der Waals surface area contributed by atoms with E-state index >= 15 is 0 Å². The molecule has 0 aliphatic heterocycles. The van der Waals surface area contributed by atoms with Gasteiger partial charge in [0, 0.05) is 12.8 Å². The molecule has 0 spiro atoms. The third-order valence-corrected chi connectivity index (χ3v) is 10.6. The first-order valence-electron chi connectivity index (χ1n) is 23.5. The third-order valence-electron chi connectivity index (χ3n) is 9.58. The third kappa shape index (κ3) is 43.7. The molecule has 0 saturated carbocycles. The second-order valence-corrected chi connectivity index (χ2v) is 18.3. The fourth-order valence-electron chi connectivity index (χ4n) is 5.87. The number of hydrogen-bond donors (Lipinski definition) is 3. The van der Waals surface area contributed by atoms with Gasteiger partial charge < -0.3 is 29.1 Å². The first-order valence-corrected chi connectivity index (χ1v) is 25.0. The number of carbonyl (C=O) groups excluding carboxylic acids is 2. The SMILES string of the molecule is CC/C=C\C[C@H](O)/C=C/C=C\C/C=C\C=C\[C@H](O)/C=C\CCCC(=O)O[C@H](COC(=O)CCCCCCCCC/C=C\CCCCCCCC)COP(=O)(O)OCC[N+](C)(C)C. The number of hydrogen-bond acceptors (Lipinski definition) is 9. The largest absolute Gasteiger partial charge is 0.472 e. The van der Waals surface area contributed by atoms with E-state index in [1.54, 1.807) is 30.4 Å². The zero-order valence-corrected chi connectivity index (χ0v) is 40.2. The van der Waals surface area contributed by atoms with Gasteiger partial charge in [0.1, 0.15) is 19.8 Å². The maximum absolute atomic E-state index is 12.7. The Labute approximate surface area is 376 Å². The standard InChI is InChI=1S/C50H86NO10P/c1-6-8-10-11-12-13-14-15-16-17-18-19-20-21-25-28-34-40-49(54)58-44-48(45-60-62(56,57)59-43-42-51(3,4)5)61-50(55)41-35-29-33-39-47(53)38-32-27-24-22-23-26-31-37-46(52)36-30-9-7-2/h9,15-16,23-24,26-27,30-33,37-39,46-48,52-53H,6-8,10-14,17-22,25,28-29,34-36,40-45H2,1-5H3/p+1/b16-15-,26-23-,27-24-,30-9-,37-31+,38-32+,39-33-/t46-,47-,48+/m0/s1. The van der Waals surface area contributed by atoms with E-state index in [9.17, 15) is 29.3 Å². The Bertz CT molecular complexity index is 1360. The molecule has 4 atom stereocenters. The summed E-state index contributed by atoms with van der Waals surface area (Å²) in [5.74, 6) is -0.993. The quantitative estimate of drug-likeness (QED) is 0.0135. The minimum Gasteiger partial charge on any atom is -0.462 e. The number of phosphoric acid groups is 1. The van der Waals surface area contributed by atoms with Crippen LogP contribution in [-0.2, 0) is 32.7 Å². The molecule has 0 aromatic carbocycles. The number of aliphatic hydroxyl groups is 2. The van der Waals surface area contributed by atoms with E-state index in [0.717, 1.165) is 32.1 Å². The Morgan fingerprint density at radius 2 is 1.19 bits per heavy atom. The number of carbonyl (C=O) groups is 2. The van der Waals surface area contributed by atoms with E-state index in [1.807, 2.05) is 63.7 Å². The Kier molecular flexibility index (Phi) is 39.0. The molecule has 0 saturated heterocycles. The number of nitrogens with zero attached hydrogens (tertiary/aromatic N) is 1. The number of phosphoric ester groups is 1. The van der Waals surface area contributed by atoms with Crippen molar-refractivity contribution < 1.29 is 52.3 Å². The molecule has 356 valence electrons. The van der Waals surface area contributed by atoms with Gasteiger partial charge in [-0.15, -0.1) is 0 Å². The van der Waals surface area contributed by atoms with Gasteiger partial charge >= 0.3 is 19.8 Å². The molecule has 0 bridgehead atoms. The molecule has 0 aromatic heterocycles. The van der Waals surface area contributed by atoms with Crippen molar-refractivity contribution in [2.75, 3.05) is 47.5 Å².